The lowest BCUT2D eigenvalue weighted by Crippen LogP contribution is -2.24. The van der Waals surface area contributed by atoms with Gasteiger partial charge < -0.3 is 4.74 Å². The highest BCUT2D eigenvalue weighted by Gasteiger charge is 2.13. The minimum Gasteiger partial charge on any atom is -0.496 e. The molecule has 0 radical (unpaired) electrons. The zero-order valence-corrected chi connectivity index (χ0v) is 16.1. The third-order valence-electron chi connectivity index (χ3n) is 3.88. The molecule has 0 aliphatic rings. The molecule has 0 atom stereocenters. The van der Waals surface area contributed by atoms with Crippen LogP contribution in [-0.4, -0.2) is 27.1 Å². The van der Waals surface area contributed by atoms with Crippen molar-refractivity contribution in [3.63, 3.8) is 0 Å². The van der Waals surface area contributed by atoms with Gasteiger partial charge in [-0.2, -0.15) is 0 Å². The fourth-order valence-electron chi connectivity index (χ4n) is 2.63. The van der Waals surface area contributed by atoms with Crippen LogP contribution < -0.4 is 10.3 Å². The van der Waals surface area contributed by atoms with Crippen LogP contribution in [0.5, 0.6) is 5.75 Å². The molecule has 0 saturated heterocycles. The summed E-state index contributed by atoms with van der Waals surface area (Å²) in [6, 6.07) is 12.9. The van der Waals surface area contributed by atoms with E-state index in [1.807, 2.05) is 35.7 Å². The molecular weight excluding hydrogens is 416 g/mol. The Morgan fingerprint density at radius 2 is 2.08 bits per heavy atom. The number of halogens is 1. The van der Waals surface area contributed by atoms with E-state index in [1.165, 1.54) is 16.0 Å². The second kappa shape index (κ2) is 6.97. The van der Waals surface area contributed by atoms with E-state index in [0.29, 0.717) is 10.9 Å². The normalized spacial score (nSPS) is 11.0. The maximum Gasteiger partial charge on any atom is 0.277 e. The molecule has 0 saturated carbocycles. The van der Waals surface area contributed by atoms with Crippen LogP contribution in [0.25, 0.3) is 21.5 Å². The van der Waals surface area contributed by atoms with Gasteiger partial charge >= 0.3 is 0 Å². The van der Waals surface area contributed by atoms with Gasteiger partial charge in [-0.05, 0) is 30.3 Å². The van der Waals surface area contributed by atoms with Crippen molar-refractivity contribution < 1.29 is 4.74 Å². The van der Waals surface area contributed by atoms with Crippen LogP contribution in [0.15, 0.2) is 57.1 Å². The van der Waals surface area contributed by atoms with E-state index in [9.17, 15) is 4.79 Å². The summed E-state index contributed by atoms with van der Waals surface area (Å²) in [5, 5.41) is 11.4. The summed E-state index contributed by atoms with van der Waals surface area (Å²) >= 11 is 4.97. The topological polar surface area (TPSA) is 69.9 Å². The standard InChI is InChI=1S/C18H13BrN4O2S/c1-25-16-7-6-11(19)8-14(16)17-20-12(10-26-17)9-23-18(24)13-4-2-3-5-15(13)21-22-23/h2-8,10H,9H2,1H3. The molecule has 0 bridgehead atoms. The first-order valence-electron chi connectivity index (χ1n) is 7.76. The Labute approximate surface area is 161 Å². The molecule has 0 unspecified atom stereocenters. The van der Waals surface area contributed by atoms with Crippen molar-refractivity contribution in [2.75, 3.05) is 7.11 Å². The number of nitrogens with zero attached hydrogens (tertiary/aromatic N) is 4. The van der Waals surface area contributed by atoms with Crippen LogP contribution in [-0.2, 0) is 6.54 Å². The lowest BCUT2D eigenvalue weighted by molar-refractivity contribution is 0.416. The predicted octanol–water partition coefficient (Wildman–Crippen LogP) is 3.73. The van der Waals surface area contributed by atoms with Gasteiger partial charge in [0.15, 0.2) is 0 Å². The number of benzene rings is 2. The van der Waals surface area contributed by atoms with Gasteiger partial charge in [0.2, 0.25) is 0 Å². The second-order valence-electron chi connectivity index (χ2n) is 5.56. The minimum absolute atomic E-state index is 0.176. The molecule has 130 valence electrons. The molecule has 0 spiro atoms. The van der Waals surface area contributed by atoms with Crippen molar-refractivity contribution in [3.05, 3.63) is 68.4 Å². The summed E-state index contributed by atoms with van der Waals surface area (Å²) in [6.45, 7) is 0.267. The Balaban J connectivity index is 1.69. The van der Waals surface area contributed by atoms with Gasteiger partial charge in [0.1, 0.15) is 16.3 Å². The third kappa shape index (κ3) is 3.13. The molecular formula is C18H13BrN4O2S. The van der Waals surface area contributed by atoms with E-state index in [1.54, 1.807) is 19.2 Å². The van der Waals surface area contributed by atoms with Gasteiger partial charge in [-0.15, -0.1) is 16.4 Å². The van der Waals surface area contributed by atoms with Crippen molar-refractivity contribution in [1.82, 2.24) is 20.0 Å². The Morgan fingerprint density at radius 1 is 1.23 bits per heavy atom. The highest BCUT2D eigenvalue weighted by molar-refractivity contribution is 9.10. The fraction of sp³-hybridized carbons (Fsp3) is 0.111. The molecule has 0 aliphatic heterocycles. The van der Waals surface area contributed by atoms with Gasteiger partial charge in [-0.25, -0.2) is 9.67 Å². The summed E-state index contributed by atoms with van der Waals surface area (Å²) in [6.07, 6.45) is 0. The highest BCUT2D eigenvalue weighted by atomic mass is 79.9. The quantitative estimate of drug-likeness (QED) is 0.495. The maximum absolute atomic E-state index is 12.6. The molecule has 2 aromatic carbocycles. The first-order chi connectivity index (χ1) is 12.7. The van der Waals surface area contributed by atoms with Gasteiger partial charge in [0.05, 0.1) is 30.3 Å². The third-order valence-corrected chi connectivity index (χ3v) is 5.30. The van der Waals surface area contributed by atoms with Gasteiger partial charge in [-0.1, -0.05) is 33.3 Å². The van der Waals surface area contributed by atoms with E-state index in [4.69, 9.17) is 4.74 Å². The molecule has 0 fully saturated rings. The van der Waals surface area contributed by atoms with E-state index < -0.39 is 0 Å². The van der Waals surface area contributed by atoms with Crippen molar-refractivity contribution in [2.24, 2.45) is 0 Å². The van der Waals surface area contributed by atoms with Gasteiger partial charge in [0.25, 0.3) is 5.56 Å². The molecule has 4 rings (SSSR count). The largest absolute Gasteiger partial charge is 0.496 e. The monoisotopic (exact) mass is 428 g/mol. The molecule has 0 amide bonds. The average Bonchev–Trinajstić information content (AvgIpc) is 3.13. The van der Waals surface area contributed by atoms with Crippen molar-refractivity contribution >= 4 is 38.2 Å². The van der Waals surface area contributed by atoms with Crippen LogP contribution in [0, 0.1) is 0 Å². The van der Waals surface area contributed by atoms with Crippen LogP contribution in [0.3, 0.4) is 0 Å². The van der Waals surface area contributed by atoms with E-state index in [0.717, 1.165) is 26.5 Å². The van der Waals surface area contributed by atoms with Crippen LogP contribution in [0.4, 0.5) is 0 Å². The van der Waals surface area contributed by atoms with Crippen molar-refractivity contribution in [3.8, 4) is 16.3 Å². The number of fused-ring (bicyclic) bond motifs is 1. The number of aromatic nitrogens is 4. The zero-order chi connectivity index (χ0) is 18.1. The molecule has 0 N–H and O–H groups in total. The molecule has 6 nitrogen and oxygen atoms in total. The number of methoxy groups -OCH3 is 1. The van der Waals surface area contributed by atoms with Gasteiger partial charge in [0, 0.05) is 9.85 Å². The Morgan fingerprint density at radius 3 is 2.92 bits per heavy atom. The number of rotatable bonds is 4. The summed E-state index contributed by atoms with van der Waals surface area (Å²) < 4.78 is 7.70. The molecule has 0 aliphatic carbocycles. The molecule has 8 heteroatoms. The summed E-state index contributed by atoms with van der Waals surface area (Å²) in [4.78, 5) is 17.2. The van der Waals surface area contributed by atoms with E-state index in [-0.39, 0.29) is 12.1 Å². The van der Waals surface area contributed by atoms with Gasteiger partial charge in [-0.3, -0.25) is 4.79 Å². The fourth-order valence-corrected chi connectivity index (χ4v) is 3.82. The molecule has 2 heterocycles. The van der Waals surface area contributed by atoms with Crippen molar-refractivity contribution in [1.29, 1.82) is 0 Å². The highest BCUT2D eigenvalue weighted by Crippen LogP contribution is 2.34. The summed E-state index contributed by atoms with van der Waals surface area (Å²) in [5.41, 5.74) is 2.06. The van der Waals surface area contributed by atoms with Crippen LogP contribution >= 0.6 is 27.3 Å². The van der Waals surface area contributed by atoms with Crippen molar-refractivity contribution in [2.45, 2.75) is 6.54 Å². The zero-order valence-electron chi connectivity index (χ0n) is 13.7. The SMILES string of the molecule is COc1ccc(Br)cc1-c1nc(Cn2nnc3ccccc3c2=O)cs1. The van der Waals surface area contributed by atoms with E-state index in [2.05, 4.69) is 31.2 Å². The summed E-state index contributed by atoms with van der Waals surface area (Å²) in [5.74, 6) is 0.747. The first-order valence-corrected chi connectivity index (χ1v) is 9.44. The number of thiazole rings is 1. The molecule has 2 aromatic heterocycles. The summed E-state index contributed by atoms with van der Waals surface area (Å²) in [7, 11) is 1.63. The van der Waals surface area contributed by atoms with E-state index >= 15 is 0 Å². The average molecular weight is 429 g/mol. The maximum atomic E-state index is 12.6. The Kier molecular flexibility index (Phi) is 4.52. The minimum atomic E-state index is -0.176. The Hall–Kier alpha value is -2.58. The molecule has 26 heavy (non-hydrogen) atoms. The second-order valence-corrected chi connectivity index (χ2v) is 7.33. The molecule has 4 aromatic rings. The predicted molar refractivity (Wildman–Crippen MR) is 105 cm³/mol. The lowest BCUT2D eigenvalue weighted by atomic mass is 10.2. The van der Waals surface area contributed by atoms with Crippen LogP contribution in [0.1, 0.15) is 5.69 Å². The Bertz CT molecular complexity index is 1160. The smallest absolute Gasteiger partial charge is 0.277 e. The lowest BCUT2D eigenvalue weighted by Gasteiger charge is -2.06. The number of hydrogen-bond donors (Lipinski definition) is 0. The first kappa shape index (κ1) is 16.9. The van der Waals surface area contributed by atoms with Crippen LogP contribution in [0.2, 0.25) is 0 Å². The number of ether oxygens (including phenoxy) is 1. The number of hydrogen-bond acceptors (Lipinski definition) is 6.